The molecule has 2 fully saturated rings. The lowest BCUT2D eigenvalue weighted by Crippen LogP contribution is -2.38. The second-order valence-electron chi connectivity index (χ2n) is 6.10. The third-order valence-electron chi connectivity index (χ3n) is 4.76. The van der Waals surface area contributed by atoms with E-state index in [1.165, 1.54) is 19.3 Å². The standard InChI is InChI=1S/C15H21N3O2/c19-18(20)14-4-2-1-3-13(14)11-17-10-7-15(12-17)5-8-16-9-6-15/h1-4,16H,5-12H2. The molecule has 0 aliphatic carbocycles. The summed E-state index contributed by atoms with van der Waals surface area (Å²) in [5.74, 6) is 0. The van der Waals surface area contributed by atoms with Gasteiger partial charge in [-0.25, -0.2) is 0 Å². The Kier molecular flexibility index (Phi) is 3.72. The summed E-state index contributed by atoms with van der Waals surface area (Å²) in [5.41, 5.74) is 1.54. The summed E-state index contributed by atoms with van der Waals surface area (Å²) < 4.78 is 0. The number of nitro groups is 1. The molecule has 1 aromatic carbocycles. The average molecular weight is 275 g/mol. The second-order valence-corrected chi connectivity index (χ2v) is 6.10. The van der Waals surface area contributed by atoms with Crippen LogP contribution in [0.5, 0.6) is 0 Å². The Hall–Kier alpha value is -1.46. The molecule has 20 heavy (non-hydrogen) atoms. The first-order chi connectivity index (χ1) is 9.69. The topological polar surface area (TPSA) is 58.4 Å². The summed E-state index contributed by atoms with van der Waals surface area (Å²) in [6.07, 6.45) is 3.70. The minimum absolute atomic E-state index is 0.249. The molecule has 1 aromatic rings. The van der Waals surface area contributed by atoms with Gasteiger partial charge >= 0.3 is 0 Å². The molecule has 0 aromatic heterocycles. The Morgan fingerprint density at radius 3 is 2.75 bits per heavy atom. The molecule has 0 bridgehead atoms. The Labute approximate surface area is 119 Å². The highest BCUT2D eigenvalue weighted by Crippen LogP contribution is 2.39. The van der Waals surface area contributed by atoms with E-state index >= 15 is 0 Å². The lowest BCUT2D eigenvalue weighted by molar-refractivity contribution is -0.385. The van der Waals surface area contributed by atoms with Crippen molar-refractivity contribution < 1.29 is 4.92 Å². The van der Waals surface area contributed by atoms with Gasteiger partial charge in [0.1, 0.15) is 0 Å². The number of nitrogens with one attached hydrogen (secondary N) is 1. The van der Waals surface area contributed by atoms with Gasteiger partial charge in [-0.1, -0.05) is 18.2 Å². The predicted octanol–water partition coefficient (Wildman–Crippen LogP) is 2.17. The molecule has 5 heteroatoms. The van der Waals surface area contributed by atoms with E-state index in [0.717, 1.165) is 31.7 Å². The molecule has 2 heterocycles. The van der Waals surface area contributed by atoms with E-state index in [4.69, 9.17) is 0 Å². The minimum Gasteiger partial charge on any atom is -0.317 e. The van der Waals surface area contributed by atoms with Crippen LogP contribution < -0.4 is 5.32 Å². The number of benzene rings is 1. The molecule has 5 nitrogen and oxygen atoms in total. The fourth-order valence-electron chi connectivity index (χ4n) is 3.59. The zero-order chi connectivity index (χ0) is 14.0. The maximum atomic E-state index is 11.1. The van der Waals surface area contributed by atoms with Crippen LogP contribution in [0.4, 0.5) is 5.69 Å². The fourth-order valence-corrected chi connectivity index (χ4v) is 3.59. The van der Waals surface area contributed by atoms with Crippen molar-refractivity contribution in [1.82, 2.24) is 10.2 Å². The van der Waals surface area contributed by atoms with Gasteiger partial charge in [0.25, 0.3) is 5.69 Å². The summed E-state index contributed by atoms with van der Waals surface area (Å²) in [5, 5.41) is 14.5. The first kappa shape index (κ1) is 13.5. The number of piperidine rings is 1. The summed E-state index contributed by atoms with van der Waals surface area (Å²) in [6, 6.07) is 7.11. The SMILES string of the molecule is O=[N+]([O-])c1ccccc1CN1CCC2(CCNCC2)C1. The number of rotatable bonds is 3. The maximum absolute atomic E-state index is 11.1. The van der Waals surface area contributed by atoms with Crippen molar-refractivity contribution in [3.05, 3.63) is 39.9 Å². The molecule has 1 N–H and O–H groups in total. The van der Waals surface area contributed by atoms with Crippen LogP contribution >= 0.6 is 0 Å². The zero-order valence-corrected chi connectivity index (χ0v) is 11.7. The quantitative estimate of drug-likeness (QED) is 0.678. The van der Waals surface area contributed by atoms with Crippen LogP contribution in [0.3, 0.4) is 0 Å². The fraction of sp³-hybridized carbons (Fsp3) is 0.600. The molecule has 0 atom stereocenters. The van der Waals surface area contributed by atoms with Crippen molar-refractivity contribution in [2.24, 2.45) is 5.41 Å². The van der Waals surface area contributed by atoms with Crippen LogP contribution in [0.1, 0.15) is 24.8 Å². The van der Waals surface area contributed by atoms with Gasteiger partial charge in [0.05, 0.1) is 4.92 Å². The van der Waals surface area contributed by atoms with Gasteiger partial charge in [-0.05, 0) is 44.3 Å². The van der Waals surface area contributed by atoms with Crippen LogP contribution in [-0.4, -0.2) is 36.0 Å². The lowest BCUT2D eigenvalue weighted by Gasteiger charge is -2.33. The third kappa shape index (κ3) is 2.69. The number of para-hydroxylation sites is 1. The average Bonchev–Trinajstić information content (AvgIpc) is 2.82. The third-order valence-corrected chi connectivity index (χ3v) is 4.76. The summed E-state index contributed by atoms with van der Waals surface area (Å²) >= 11 is 0. The van der Waals surface area contributed by atoms with Crippen LogP contribution in [0.2, 0.25) is 0 Å². The molecule has 108 valence electrons. The van der Waals surface area contributed by atoms with E-state index in [0.29, 0.717) is 12.0 Å². The monoisotopic (exact) mass is 275 g/mol. The molecule has 0 amide bonds. The van der Waals surface area contributed by atoms with Crippen LogP contribution in [-0.2, 0) is 6.54 Å². The van der Waals surface area contributed by atoms with E-state index in [9.17, 15) is 10.1 Å². The smallest absolute Gasteiger partial charge is 0.273 e. The Bertz CT molecular complexity index is 498. The summed E-state index contributed by atoms with van der Waals surface area (Å²) in [7, 11) is 0. The predicted molar refractivity (Wildman–Crippen MR) is 77.5 cm³/mol. The van der Waals surface area contributed by atoms with E-state index in [2.05, 4.69) is 10.2 Å². The summed E-state index contributed by atoms with van der Waals surface area (Å²) in [4.78, 5) is 13.2. The van der Waals surface area contributed by atoms with Crippen LogP contribution in [0, 0.1) is 15.5 Å². The molecule has 1 spiro atoms. The van der Waals surface area contributed by atoms with Crippen molar-refractivity contribution in [1.29, 1.82) is 0 Å². The zero-order valence-electron chi connectivity index (χ0n) is 11.7. The molecule has 2 saturated heterocycles. The van der Waals surface area contributed by atoms with Crippen molar-refractivity contribution in [3.8, 4) is 0 Å². The van der Waals surface area contributed by atoms with Gasteiger partial charge in [-0.2, -0.15) is 0 Å². The highest BCUT2D eigenvalue weighted by Gasteiger charge is 2.38. The van der Waals surface area contributed by atoms with Crippen LogP contribution in [0.15, 0.2) is 24.3 Å². The Balaban J connectivity index is 1.69. The highest BCUT2D eigenvalue weighted by molar-refractivity contribution is 5.39. The molecular weight excluding hydrogens is 254 g/mol. The van der Waals surface area contributed by atoms with E-state index in [1.807, 2.05) is 12.1 Å². The van der Waals surface area contributed by atoms with Gasteiger partial charge < -0.3 is 5.32 Å². The Morgan fingerprint density at radius 1 is 1.25 bits per heavy atom. The van der Waals surface area contributed by atoms with Gasteiger partial charge in [0.2, 0.25) is 0 Å². The molecule has 0 unspecified atom stereocenters. The molecule has 2 aliphatic rings. The largest absolute Gasteiger partial charge is 0.317 e. The number of hydrogen-bond acceptors (Lipinski definition) is 4. The number of nitrogens with zero attached hydrogens (tertiary/aromatic N) is 2. The number of hydrogen-bond donors (Lipinski definition) is 1. The minimum atomic E-state index is -0.272. The number of nitro benzene ring substituents is 1. The first-order valence-corrected chi connectivity index (χ1v) is 7.34. The van der Waals surface area contributed by atoms with Crippen LogP contribution in [0.25, 0.3) is 0 Å². The molecule has 0 saturated carbocycles. The molecule has 0 radical (unpaired) electrons. The van der Waals surface area contributed by atoms with E-state index in [-0.39, 0.29) is 10.6 Å². The molecular formula is C15H21N3O2. The van der Waals surface area contributed by atoms with Crippen molar-refractivity contribution in [2.75, 3.05) is 26.2 Å². The van der Waals surface area contributed by atoms with Gasteiger partial charge in [-0.15, -0.1) is 0 Å². The van der Waals surface area contributed by atoms with E-state index < -0.39 is 0 Å². The second kappa shape index (κ2) is 5.50. The lowest BCUT2D eigenvalue weighted by atomic mass is 9.78. The molecule has 2 aliphatic heterocycles. The van der Waals surface area contributed by atoms with Gasteiger partial charge in [0.15, 0.2) is 0 Å². The summed E-state index contributed by atoms with van der Waals surface area (Å²) in [6.45, 7) is 5.07. The first-order valence-electron chi connectivity index (χ1n) is 7.34. The van der Waals surface area contributed by atoms with Gasteiger partial charge in [-0.3, -0.25) is 15.0 Å². The number of likely N-dealkylation sites (tertiary alicyclic amines) is 1. The van der Waals surface area contributed by atoms with E-state index in [1.54, 1.807) is 12.1 Å². The van der Waals surface area contributed by atoms with Crippen molar-refractivity contribution in [3.63, 3.8) is 0 Å². The molecule has 3 rings (SSSR count). The highest BCUT2D eigenvalue weighted by atomic mass is 16.6. The normalized spacial score (nSPS) is 22.2. The Morgan fingerprint density at radius 2 is 2.00 bits per heavy atom. The van der Waals surface area contributed by atoms with Crippen molar-refractivity contribution in [2.45, 2.75) is 25.8 Å². The van der Waals surface area contributed by atoms with Crippen molar-refractivity contribution >= 4 is 5.69 Å². The van der Waals surface area contributed by atoms with Gasteiger partial charge in [0, 0.05) is 24.7 Å². The maximum Gasteiger partial charge on any atom is 0.273 e.